The van der Waals surface area contributed by atoms with Crippen molar-refractivity contribution in [2.75, 3.05) is 13.1 Å². The van der Waals surface area contributed by atoms with Crippen LogP contribution in [0.25, 0.3) is 5.82 Å². The first-order chi connectivity index (χ1) is 12.2. The normalized spacial score (nSPS) is 17.5. The molecule has 7 nitrogen and oxygen atoms in total. The molecule has 1 aliphatic rings. The number of hydrogen-bond donors (Lipinski definition) is 1. The standard InChI is InChI=1S/C15H12ClF3N4O3/c16-10-2-1-4-20-12(10)23-11(15(17,18)19)9(6-21-23)13(24)22-5-3-8(7-22)14(25)26/h1-2,4,6,8H,3,5,7H2,(H,25,26)/t8-/m1/s1. The number of pyridine rings is 1. The Morgan fingerprint density at radius 2 is 2.08 bits per heavy atom. The average Bonchev–Trinajstić information content (AvgIpc) is 3.21. The zero-order valence-electron chi connectivity index (χ0n) is 13.1. The molecule has 1 aliphatic heterocycles. The topological polar surface area (TPSA) is 88.3 Å². The minimum atomic E-state index is -4.89. The Kier molecular flexibility index (Phi) is 4.61. The molecule has 1 N–H and O–H groups in total. The lowest BCUT2D eigenvalue weighted by molar-refractivity contribution is -0.143. The summed E-state index contributed by atoms with van der Waals surface area (Å²) < 4.78 is 41.3. The largest absolute Gasteiger partial charge is 0.481 e. The number of rotatable bonds is 3. The number of carbonyl (C=O) groups excluding carboxylic acids is 1. The summed E-state index contributed by atoms with van der Waals surface area (Å²) in [5.74, 6) is -3.08. The van der Waals surface area contributed by atoms with E-state index >= 15 is 0 Å². The van der Waals surface area contributed by atoms with Crippen LogP contribution in [0.15, 0.2) is 24.5 Å². The lowest BCUT2D eigenvalue weighted by Crippen LogP contribution is -2.31. The highest BCUT2D eigenvalue weighted by Crippen LogP contribution is 2.35. The summed E-state index contributed by atoms with van der Waals surface area (Å²) in [6.45, 7) is -0.0936. The minimum absolute atomic E-state index is 0.0582. The highest BCUT2D eigenvalue weighted by molar-refractivity contribution is 6.32. The molecule has 0 bridgehead atoms. The Morgan fingerprint density at radius 1 is 1.35 bits per heavy atom. The monoisotopic (exact) mass is 388 g/mol. The molecule has 1 saturated heterocycles. The van der Waals surface area contributed by atoms with Crippen molar-refractivity contribution in [3.8, 4) is 5.82 Å². The van der Waals surface area contributed by atoms with E-state index < -0.39 is 35.2 Å². The highest BCUT2D eigenvalue weighted by Gasteiger charge is 2.43. The van der Waals surface area contributed by atoms with Gasteiger partial charge < -0.3 is 10.0 Å². The van der Waals surface area contributed by atoms with Crippen LogP contribution in [-0.2, 0) is 11.0 Å². The minimum Gasteiger partial charge on any atom is -0.481 e. The molecule has 1 fully saturated rings. The summed E-state index contributed by atoms with van der Waals surface area (Å²) in [7, 11) is 0. The molecule has 26 heavy (non-hydrogen) atoms. The fraction of sp³-hybridized carbons (Fsp3) is 0.333. The smallest absolute Gasteiger partial charge is 0.434 e. The number of amides is 1. The van der Waals surface area contributed by atoms with E-state index in [1.165, 1.54) is 18.3 Å². The van der Waals surface area contributed by atoms with Crippen LogP contribution in [0.4, 0.5) is 13.2 Å². The Morgan fingerprint density at radius 3 is 2.65 bits per heavy atom. The van der Waals surface area contributed by atoms with Gasteiger partial charge in [0.2, 0.25) is 0 Å². The van der Waals surface area contributed by atoms with E-state index in [-0.39, 0.29) is 30.4 Å². The molecule has 0 aliphatic carbocycles. The molecule has 0 saturated carbocycles. The molecule has 2 aromatic rings. The van der Waals surface area contributed by atoms with Gasteiger partial charge in [-0.1, -0.05) is 11.6 Å². The molecule has 11 heteroatoms. The molecule has 2 aromatic heterocycles. The van der Waals surface area contributed by atoms with Gasteiger partial charge in [0.1, 0.15) is 0 Å². The predicted octanol–water partition coefficient (Wildman–Crippen LogP) is 2.49. The van der Waals surface area contributed by atoms with Crippen molar-refractivity contribution in [2.24, 2.45) is 5.92 Å². The molecule has 3 rings (SSSR count). The van der Waals surface area contributed by atoms with E-state index in [9.17, 15) is 22.8 Å². The van der Waals surface area contributed by atoms with Gasteiger partial charge in [0.15, 0.2) is 11.5 Å². The number of nitrogens with zero attached hydrogens (tertiary/aromatic N) is 4. The molecule has 3 heterocycles. The fourth-order valence-electron chi connectivity index (χ4n) is 2.79. The summed E-state index contributed by atoms with van der Waals surface area (Å²) >= 11 is 5.90. The molecule has 0 spiro atoms. The summed E-state index contributed by atoms with van der Waals surface area (Å²) in [6, 6.07) is 2.80. The zero-order valence-corrected chi connectivity index (χ0v) is 13.8. The Labute approximate surface area is 150 Å². The second-order valence-corrected chi connectivity index (χ2v) is 6.11. The predicted molar refractivity (Wildman–Crippen MR) is 83.0 cm³/mol. The maximum Gasteiger partial charge on any atom is 0.434 e. The van der Waals surface area contributed by atoms with Gasteiger partial charge >= 0.3 is 12.1 Å². The lowest BCUT2D eigenvalue weighted by Gasteiger charge is -2.17. The first kappa shape index (κ1) is 18.2. The van der Waals surface area contributed by atoms with E-state index in [2.05, 4.69) is 10.1 Å². The van der Waals surface area contributed by atoms with Crippen LogP contribution in [0.3, 0.4) is 0 Å². The Bertz CT molecular complexity index is 868. The third-order valence-electron chi connectivity index (χ3n) is 4.03. The van der Waals surface area contributed by atoms with Crippen molar-refractivity contribution in [1.29, 1.82) is 0 Å². The first-order valence-corrected chi connectivity index (χ1v) is 7.86. The molecule has 1 amide bonds. The van der Waals surface area contributed by atoms with E-state index in [1.54, 1.807) is 0 Å². The van der Waals surface area contributed by atoms with E-state index in [1.807, 2.05) is 0 Å². The van der Waals surface area contributed by atoms with Gasteiger partial charge in [0.25, 0.3) is 5.91 Å². The van der Waals surface area contributed by atoms with Crippen molar-refractivity contribution < 1.29 is 27.9 Å². The SMILES string of the molecule is O=C(O)[C@@H]1CCN(C(=O)c2cnn(-c3ncccc3Cl)c2C(F)(F)F)C1. The number of halogens is 4. The second kappa shape index (κ2) is 6.60. The third kappa shape index (κ3) is 3.24. The summed E-state index contributed by atoms with van der Waals surface area (Å²) in [6.07, 6.45) is -2.66. The maximum atomic E-state index is 13.6. The number of carboxylic acids is 1. The second-order valence-electron chi connectivity index (χ2n) is 5.70. The number of alkyl halides is 3. The van der Waals surface area contributed by atoms with Gasteiger partial charge in [-0.15, -0.1) is 0 Å². The number of carbonyl (C=O) groups is 2. The molecule has 0 aromatic carbocycles. The van der Waals surface area contributed by atoms with Crippen molar-refractivity contribution in [3.05, 3.63) is 40.8 Å². The van der Waals surface area contributed by atoms with E-state index in [0.29, 0.717) is 4.68 Å². The van der Waals surface area contributed by atoms with E-state index in [0.717, 1.165) is 11.1 Å². The number of aromatic nitrogens is 3. The molecule has 138 valence electrons. The number of likely N-dealkylation sites (tertiary alicyclic amines) is 1. The van der Waals surface area contributed by atoms with Crippen LogP contribution in [0.1, 0.15) is 22.5 Å². The molecule has 0 radical (unpaired) electrons. The number of hydrogen-bond acceptors (Lipinski definition) is 4. The molecule has 1 atom stereocenters. The van der Waals surface area contributed by atoms with Crippen LogP contribution in [0.5, 0.6) is 0 Å². The average molecular weight is 389 g/mol. The molecular weight excluding hydrogens is 377 g/mol. The van der Waals surface area contributed by atoms with Crippen molar-refractivity contribution in [3.63, 3.8) is 0 Å². The van der Waals surface area contributed by atoms with Gasteiger partial charge in [0.05, 0.1) is 22.7 Å². The third-order valence-corrected chi connectivity index (χ3v) is 4.33. The highest BCUT2D eigenvalue weighted by atomic mass is 35.5. The Hall–Kier alpha value is -2.62. The first-order valence-electron chi connectivity index (χ1n) is 7.48. The van der Waals surface area contributed by atoms with Crippen LogP contribution < -0.4 is 0 Å². The van der Waals surface area contributed by atoms with Gasteiger partial charge in [-0.2, -0.15) is 18.3 Å². The summed E-state index contributed by atoms with van der Waals surface area (Å²) in [4.78, 5) is 28.4. The number of carboxylic acid groups (broad SMARTS) is 1. The van der Waals surface area contributed by atoms with Crippen LogP contribution in [0.2, 0.25) is 5.02 Å². The number of aliphatic carboxylic acids is 1. The molecular formula is C15H12ClF3N4O3. The van der Waals surface area contributed by atoms with Gasteiger partial charge in [-0.05, 0) is 18.6 Å². The van der Waals surface area contributed by atoms with Gasteiger partial charge in [-0.3, -0.25) is 9.59 Å². The van der Waals surface area contributed by atoms with Crippen molar-refractivity contribution >= 4 is 23.5 Å². The van der Waals surface area contributed by atoms with Crippen molar-refractivity contribution in [1.82, 2.24) is 19.7 Å². The summed E-state index contributed by atoms with van der Waals surface area (Å²) in [5, 5.41) is 12.6. The van der Waals surface area contributed by atoms with Crippen LogP contribution in [0, 0.1) is 5.92 Å². The maximum absolute atomic E-state index is 13.6. The Balaban J connectivity index is 2.03. The summed E-state index contributed by atoms with van der Waals surface area (Å²) in [5.41, 5.74) is -1.98. The van der Waals surface area contributed by atoms with Crippen LogP contribution >= 0.6 is 11.6 Å². The quantitative estimate of drug-likeness (QED) is 0.872. The van der Waals surface area contributed by atoms with Gasteiger partial charge in [0, 0.05) is 19.3 Å². The van der Waals surface area contributed by atoms with Gasteiger partial charge in [-0.25, -0.2) is 9.67 Å². The van der Waals surface area contributed by atoms with E-state index in [4.69, 9.17) is 16.7 Å². The van der Waals surface area contributed by atoms with Crippen molar-refractivity contribution in [2.45, 2.75) is 12.6 Å². The molecule has 0 unspecified atom stereocenters. The fourth-order valence-corrected chi connectivity index (χ4v) is 2.99. The zero-order chi connectivity index (χ0) is 19.1. The van der Waals surface area contributed by atoms with Crippen LogP contribution in [-0.4, -0.2) is 49.7 Å². The lowest BCUT2D eigenvalue weighted by atomic mass is 10.1.